The van der Waals surface area contributed by atoms with Gasteiger partial charge in [-0.05, 0) is 38.8 Å². The molecule has 1 aliphatic carbocycles. The van der Waals surface area contributed by atoms with Crippen LogP contribution in [0, 0.1) is 0 Å². The Kier molecular flexibility index (Phi) is 4.28. The van der Waals surface area contributed by atoms with Crippen molar-refractivity contribution in [2.45, 2.75) is 57.7 Å². The highest BCUT2D eigenvalue weighted by Gasteiger charge is 2.16. The molecule has 3 rings (SSSR count). The normalized spacial score (nSPS) is 22.0. The summed E-state index contributed by atoms with van der Waals surface area (Å²) in [6, 6.07) is 0.744. The van der Waals surface area contributed by atoms with E-state index in [1.54, 1.807) is 0 Å². The number of rotatable bonds is 5. The van der Waals surface area contributed by atoms with Crippen molar-refractivity contribution >= 4 is 11.3 Å². The minimum atomic E-state index is 0.744. The van der Waals surface area contributed by atoms with Crippen LogP contribution in [0.15, 0.2) is 5.38 Å². The molecule has 0 amide bonds. The topological polar surface area (TPSA) is 28.2 Å². The second kappa shape index (κ2) is 6.13. The number of likely N-dealkylation sites (tertiary alicyclic amines) is 1. The average Bonchev–Trinajstić information content (AvgIpc) is 3.09. The van der Waals surface area contributed by atoms with Crippen LogP contribution in [0.3, 0.4) is 0 Å². The molecule has 0 atom stereocenters. The zero-order valence-electron chi connectivity index (χ0n) is 11.0. The largest absolute Gasteiger partial charge is 0.308 e. The summed E-state index contributed by atoms with van der Waals surface area (Å²) in [5.41, 5.74) is 1.24. The minimum Gasteiger partial charge on any atom is -0.308 e. The summed E-state index contributed by atoms with van der Waals surface area (Å²) in [6.45, 7) is 4.54. The number of nitrogens with one attached hydrogen (secondary N) is 1. The van der Waals surface area contributed by atoms with Crippen LogP contribution in [0.1, 0.15) is 49.2 Å². The molecule has 1 aromatic rings. The van der Waals surface area contributed by atoms with Gasteiger partial charge in [0.1, 0.15) is 5.01 Å². The molecule has 2 aliphatic rings. The van der Waals surface area contributed by atoms with Gasteiger partial charge in [-0.25, -0.2) is 4.98 Å². The van der Waals surface area contributed by atoms with Crippen LogP contribution in [0.5, 0.6) is 0 Å². The van der Waals surface area contributed by atoms with Crippen LogP contribution in [0.4, 0.5) is 0 Å². The number of hydrogen-bond donors (Lipinski definition) is 1. The van der Waals surface area contributed by atoms with Crippen LogP contribution in [-0.4, -0.2) is 29.0 Å². The fourth-order valence-electron chi connectivity index (χ4n) is 3.01. The molecule has 0 radical (unpaired) electrons. The monoisotopic (exact) mass is 265 g/mol. The van der Waals surface area contributed by atoms with Gasteiger partial charge in [-0.3, -0.25) is 4.90 Å². The third-order valence-electron chi connectivity index (χ3n) is 4.08. The summed E-state index contributed by atoms with van der Waals surface area (Å²) in [7, 11) is 0. The maximum atomic E-state index is 4.75. The van der Waals surface area contributed by atoms with E-state index < -0.39 is 0 Å². The van der Waals surface area contributed by atoms with Crippen molar-refractivity contribution in [1.29, 1.82) is 0 Å². The highest BCUT2D eigenvalue weighted by Crippen LogP contribution is 2.19. The van der Waals surface area contributed by atoms with E-state index in [4.69, 9.17) is 4.98 Å². The lowest BCUT2D eigenvalue weighted by Gasteiger charge is -2.12. The molecular formula is C14H23N3S. The second-order valence-electron chi connectivity index (χ2n) is 5.58. The molecule has 18 heavy (non-hydrogen) atoms. The molecule has 4 heteroatoms. The van der Waals surface area contributed by atoms with Crippen LogP contribution in [0.2, 0.25) is 0 Å². The molecule has 1 aromatic heterocycles. The minimum absolute atomic E-state index is 0.744. The molecule has 1 saturated carbocycles. The molecule has 1 N–H and O–H groups in total. The summed E-state index contributed by atoms with van der Waals surface area (Å²) < 4.78 is 0. The second-order valence-corrected chi connectivity index (χ2v) is 6.52. The number of thiazole rings is 1. The fraction of sp³-hybridized carbons (Fsp3) is 0.786. The average molecular weight is 265 g/mol. The highest BCUT2D eigenvalue weighted by molar-refractivity contribution is 7.09. The fourth-order valence-corrected chi connectivity index (χ4v) is 3.85. The van der Waals surface area contributed by atoms with Crippen molar-refractivity contribution in [3.8, 4) is 0 Å². The molecule has 2 heterocycles. The van der Waals surface area contributed by atoms with Gasteiger partial charge < -0.3 is 5.32 Å². The maximum Gasteiger partial charge on any atom is 0.107 e. The molecule has 0 aromatic carbocycles. The van der Waals surface area contributed by atoms with Crippen molar-refractivity contribution in [2.24, 2.45) is 0 Å². The molecule has 1 aliphatic heterocycles. The molecule has 0 unspecified atom stereocenters. The Morgan fingerprint density at radius 2 is 2.00 bits per heavy atom. The Labute approximate surface area is 114 Å². The standard InChI is InChI=1S/C14H23N3S/c1-2-6-12(5-1)15-9-13-11-18-14(16-13)10-17-7-3-4-8-17/h11-12,15H,1-10H2. The van der Waals surface area contributed by atoms with Crippen LogP contribution < -0.4 is 5.32 Å². The van der Waals surface area contributed by atoms with Crippen molar-refractivity contribution in [2.75, 3.05) is 13.1 Å². The Morgan fingerprint density at radius 1 is 1.22 bits per heavy atom. The van der Waals surface area contributed by atoms with Crippen molar-refractivity contribution in [3.05, 3.63) is 16.1 Å². The third-order valence-corrected chi connectivity index (χ3v) is 4.97. The lowest BCUT2D eigenvalue weighted by Crippen LogP contribution is -2.25. The Balaban J connectivity index is 1.46. The number of nitrogens with zero attached hydrogens (tertiary/aromatic N) is 2. The van der Waals surface area contributed by atoms with E-state index >= 15 is 0 Å². The zero-order valence-corrected chi connectivity index (χ0v) is 11.8. The van der Waals surface area contributed by atoms with Gasteiger partial charge in [-0.1, -0.05) is 12.8 Å². The van der Waals surface area contributed by atoms with Gasteiger partial charge in [-0.15, -0.1) is 11.3 Å². The van der Waals surface area contributed by atoms with Crippen LogP contribution in [0.25, 0.3) is 0 Å². The summed E-state index contributed by atoms with van der Waals surface area (Å²) in [5, 5.41) is 7.16. The molecule has 0 bridgehead atoms. The van der Waals surface area contributed by atoms with Crippen LogP contribution >= 0.6 is 11.3 Å². The van der Waals surface area contributed by atoms with Crippen molar-refractivity contribution in [3.63, 3.8) is 0 Å². The molecule has 2 fully saturated rings. The number of aromatic nitrogens is 1. The predicted octanol–water partition coefficient (Wildman–Crippen LogP) is 2.77. The van der Waals surface area contributed by atoms with Gasteiger partial charge in [0.05, 0.1) is 12.2 Å². The Hall–Kier alpha value is -0.450. The number of hydrogen-bond acceptors (Lipinski definition) is 4. The quantitative estimate of drug-likeness (QED) is 0.887. The molecular weight excluding hydrogens is 242 g/mol. The van der Waals surface area contributed by atoms with E-state index in [9.17, 15) is 0 Å². The lowest BCUT2D eigenvalue weighted by atomic mass is 10.2. The molecule has 0 spiro atoms. The summed E-state index contributed by atoms with van der Waals surface area (Å²) in [4.78, 5) is 7.27. The molecule has 1 saturated heterocycles. The highest BCUT2D eigenvalue weighted by atomic mass is 32.1. The molecule has 100 valence electrons. The first-order valence-corrected chi connectivity index (χ1v) is 8.17. The van der Waals surface area contributed by atoms with Gasteiger partial charge >= 0.3 is 0 Å². The van der Waals surface area contributed by atoms with Gasteiger partial charge in [0.25, 0.3) is 0 Å². The summed E-state index contributed by atoms with van der Waals surface area (Å²) in [5.74, 6) is 0. The zero-order chi connectivity index (χ0) is 12.2. The van der Waals surface area contributed by atoms with E-state index in [0.29, 0.717) is 0 Å². The molecule has 3 nitrogen and oxygen atoms in total. The van der Waals surface area contributed by atoms with Gasteiger partial charge in [0.2, 0.25) is 0 Å². The van der Waals surface area contributed by atoms with Gasteiger partial charge in [-0.2, -0.15) is 0 Å². The smallest absolute Gasteiger partial charge is 0.107 e. The SMILES string of the molecule is c1sc(CN2CCCC2)nc1CNC1CCCC1. The predicted molar refractivity (Wildman–Crippen MR) is 75.7 cm³/mol. The Morgan fingerprint density at radius 3 is 2.78 bits per heavy atom. The van der Waals surface area contributed by atoms with Gasteiger partial charge in [0, 0.05) is 18.0 Å². The lowest BCUT2D eigenvalue weighted by molar-refractivity contribution is 0.330. The van der Waals surface area contributed by atoms with E-state index in [1.165, 1.54) is 62.3 Å². The summed E-state index contributed by atoms with van der Waals surface area (Å²) >= 11 is 1.83. The van der Waals surface area contributed by atoms with E-state index in [2.05, 4.69) is 15.6 Å². The first-order chi connectivity index (χ1) is 8.90. The first kappa shape index (κ1) is 12.6. The van der Waals surface area contributed by atoms with Crippen LogP contribution in [-0.2, 0) is 13.1 Å². The van der Waals surface area contributed by atoms with Gasteiger partial charge in [0.15, 0.2) is 0 Å². The van der Waals surface area contributed by atoms with E-state index in [0.717, 1.165) is 19.1 Å². The van der Waals surface area contributed by atoms with Crippen molar-refractivity contribution in [1.82, 2.24) is 15.2 Å². The summed E-state index contributed by atoms with van der Waals surface area (Å²) in [6.07, 6.45) is 8.22. The first-order valence-electron chi connectivity index (χ1n) is 7.29. The van der Waals surface area contributed by atoms with E-state index in [1.807, 2.05) is 11.3 Å². The Bertz CT molecular complexity index is 365. The third kappa shape index (κ3) is 3.31. The van der Waals surface area contributed by atoms with E-state index in [-0.39, 0.29) is 0 Å². The van der Waals surface area contributed by atoms with Crippen molar-refractivity contribution < 1.29 is 0 Å². The maximum absolute atomic E-state index is 4.75.